The molecular weight excluding hydrogens is 234 g/mol. The van der Waals surface area contributed by atoms with Crippen molar-refractivity contribution in [1.29, 1.82) is 0 Å². The van der Waals surface area contributed by atoms with Crippen LogP contribution in [0, 0.1) is 10.1 Å². The van der Waals surface area contributed by atoms with Crippen molar-refractivity contribution in [3.63, 3.8) is 0 Å². The standard InChI is InChI=1S/C13H9NO4/c15-9-10-5-4-8-12(13(10)14(16)17)18-11-6-2-1-3-7-11/h1-9H. The highest BCUT2D eigenvalue weighted by Crippen LogP contribution is 2.33. The van der Waals surface area contributed by atoms with Crippen LogP contribution in [0.4, 0.5) is 5.69 Å². The Morgan fingerprint density at radius 3 is 2.39 bits per heavy atom. The summed E-state index contributed by atoms with van der Waals surface area (Å²) in [6.45, 7) is 0. The topological polar surface area (TPSA) is 69.4 Å². The molecule has 5 nitrogen and oxygen atoms in total. The van der Waals surface area contributed by atoms with Gasteiger partial charge in [-0.25, -0.2) is 0 Å². The first kappa shape index (κ1) is 11.8. The molecule has 0 fully saturated rings. The third-order valence-electron chi connectivity index (χ3n) is 2.31. The predicted molar refractivity (Wildman–Crippen MR) is 65.0 cm³/mol. The molecular formula is C13H9NO4. The summed E-state index contributed by atoms with van der Waals surface area (Å²) < 4.78 is 5.41. The number of para-hydroxylation sites is 2. The molecule has 0 heterocycles. The summed E-state index contributed by atoms with van der Waals surface area (Å²) in [6.07, 6.45) is 0.440. The largest absolute Gasteiger partial charge is 0.450 e. The number of rotatable bonds is 4. The van der Waals surface area contributed by atoms with Gasteiger partial charge in [0.1, 0.15) is 5.75 Å². The van der Waals surface area contributed by atoms with Gasteiger partial charge in [-0.2, -0.15) is 0 Å². The van der Waals surface area contributed by atoms with E-state index in [0.29, 0.717) is 12.0 Å². The monoisotopic (exact) mass is 243 g/mol. The molecule has 2 aromatic rings. The van der Waals surface area contributed by atoms with E-state index in [0.717, 1.165) is 0 Å². The summed E-state index contributed by atoms with van der Waals surface area (Å²) in [5, 5.41) is 11.0. The summed E-state index contributed by atoms with van der Waals surface area (Å²) >= 11 is 0. The number of nitrogens with zero attached hydrogens (tertiary/aromatic N) is 1. The van der Waals surface area contributed by atoms with Crippen LogP contribution in [-0.2, 0) is 0 Å². The lowest BCUT2D eigenvalue weighted by Gasteiger charge is -2.06. The predicted octanol–water partition coefficient (Wildman–Crippen LogP) is 3.20. The van der Waals surface area contributed by atoms with Gasteiger partial charge in [0.25, 0.3) is 0 Å². The molecule has 0 aliphatic carbocycles. The van der Waals surface area contributed by atoms with Crippen LogP contribution >= 0.6 is 0 Å². The molecule has 0 aliphatic rings. The molecule has 0 saturated carbocycles. The van der Waals surface area contributed by atoms with Gasteiger partial charge in [-0.05, 0) is 24.3 Å². The second kappa shape index (κ2) is 5.09. The minimum atomic E-state index is -0.623. The van der Waals surface area contributed by atoms with E-state index in [1.54, 1.807) is 24.3 Å². The first-order valence-electron chi connectivity index (χ1n) is 5.18. The zero-order valence-corrected chi connectivity index (χ0v) is 9.28. The highest BCUT2D eigenvalue weighted by molar-refractivity contribution is 5.83. The van der Waals surface area contributed by atoms with Crippen molar-refractivity contribution in [3.05, 3.63) is 64.2 Å². The Kier molecular flexibility index (Phi) is 3.33. The minimum absolute atomic E-state index is 0.00608. The Morgan fingerprint density at radius 2 is 1.78 bits per heavy atom. The third-order valence-corrected chi connectivity index (χ3v) is 2.31. The fourth-order valence-electron chi connectivity index (χ4n) is 1.53. The lowest BCUT2D eigenvalue weighted by atomic mass is 10.2. The van der Waals surface area contributed by atoms with E-state index in [1.165, 1.54) is 18.2 Å². The first-order valence-corrected chi connectivity index (χ1v) is 5.18. The van der Waals surface area contributed by atoms with Crippen LogP contribution in [-0.4, -0.2) is 11.2 Å². The van der Waals surface area contributed by atoms with Crippen LogP contribution in [0.1, 0.15) is 10.4 Å². The fourth-order valence-corrected chi connectivity index (χ4v) is 1.53. The molecule has 0 aromatic heterocycles. The molecule has 2 aromatic carbocycles. The van der Waals surface area contributed by atoms with E-state index in [-0.39, 0.29) is 17.0 Å². The highest BCUT2D eigenvalue weighted by atomic mass is 16.6. The number of nitro benzene ring substituents is 1. The van der Waals surface area contributed by atoms with Gasteiger partial charge in [0.05, 0.1) is 10.5 Å². The van der Waals surface area contributed by atoms with Crippen LogP contribution < -0.4 is 4.74 Å². The van der Waals surface area contributed by atoms with Crippen molar-refractivity contribution in [2.75, 3.05) is 0 Å². The molecule has 0 unspecified atom stereocenters. The van der Waals surface area contributed by atoms with Gasteiger partial charge in [0, 0.05) is 0 Å². The zero-order chi connectivity index (χ0) is 13.0. The molecule has 0 radical (unpaired) electrons. The first-order chi connectivity index (χ1) is 8.72. The van der Waals surface area contributed by atoms with Crippen molar-refractivity contribution in [1.82, 2.24) is 0 Å². The summed E-state index contributed by atoms with van der Waals surface area (Å²) in [6, 6.07) is 13.0. The molecule has 0 atom stereocenters. The molecule has 2 rings (SSSR count). The number of aldehydes is 1. The van der Waals surface area contributed by atoms with Crippen LogP contribution in [0.5, 0.6) is 11.5 Å². The summed E-state index contributed by atoms with van der Waals surface area (Å²) in [7, 11) is 0. The Hall–Kier alpha value is -2.69. The molecule has 0 spiro atoms. The second-order valence-electron chi connectivity index (χ2n) is 3.48. The molecule has 90 valence electrons. The van der Waals surface area contributed by atoms with E-state index in [9.17, 15) is 14.9 Å². The van der Waals surface area contributed by atoms with Crippen molar-refractivity contribution in [2.24, 2.45) is 0 Å². The van der Waals surface area contributed by atoms with Crippen molar-refractivity contribution >= 4 is 12.0 Å². The Morgan fingerprint density at radius 1 is 1.06 bits per heavy atom. The number of benzene rings is 2. The smallest absolute Gasteiger partial charge is 0.321 e. The Bertz CT molecular complexity index is 581. The minimum Gasteiger partial charge on any atom is -0.450 e. The normalized spacial score (nSPS) is 9.78. The van der Waals surface area contributed by atoms with Gasteiger partial charge in [-0.3, -0.25) is 14.9 Å². The summed E-state index contributed by atoms with van der Waals surface area (Å²) in [5.74, 6) is 0.527. The average molecular weight is 243 g/mol. The quantitative estimate of drug-likeness (QED) is 0.469. The van der Waals surface area contributed by atoms with E-state index in [2.05, 4.69) is 0 Å². The lowest BCUT2D eigenvalue weighted by molar-refractivity contribution is -0.385. The van der Waals surface area contributed by atoms with Crippen LogP contribution in [0.15, 0.2) is 48.5 Å². The molecule has 0 aliphatic heterocycles. The van der Waals surface area contributed by atoms with Gasteiger partial charge in [0.15, 0.2) is 6.29 Å². The molecule has 5 heteroatoms. The van der Waals surface area contributed by atoms with E-state index in [1.807, 2.05) is 6.07 Å². The SMILES string of the molecule is O=Cc1cccc(Oc2ccccc2)c1[N+](=O)[O-]. The number of ether oxygens (including phenoxy) is 1. The van der Waals surface area contributed by atoms with Crippen molar-refractivity contribution in [2.45, 2.75) is 0 Å². The van der Waals surface area contributed by atoms with E-state index >= 15 is 0 Å². The van der Waals surface area contributed by atoms with Gasteiger partial charge in [0.2, 0.25) is 5.75 Å². The van der Waals surface area contributed by atoms with Gasteiger partial charge >= 0.3 is 5.69 Å². The van der Waals surface area contributed by atoms with Crippen molar-refractivity contribution in [3.8, 4) is 11.5 Å². The maximum atomic E-state index is 11.0. The lowest BCUT2D eigenvalue weighted by Crippen LogP contribution is -1.97. The highest BCUT2D eigenvalue weighted by Gasteiger charge is 2.20. The Labute approximate surface area is 103 Å². The molecule has 0 N–H and O–H groups in total. The number of nitro groups is 1. The second-order valence-corrected chi connectivity index (χ2v) is 3.48. The summed E-state index contributed by atoms with van der Waals surface area (Å²) in [4.78, 5) is 21.1. The number of hydrogen-bond acceptors (Lipinski definition) is 4. The molecule has 0 amide bonds. The number of hydrogen-bond donors (Lipinski definition) is 0. The van der Waals surface area contributed by atoms with Gasteiger partial charge in [-0.15, -0.1) is 0 Å². The molecule has 0 saturated heterocycles. The summed E-state index contributed by atoms with van der Waals surface area (Å²) in [5.41, 5.74) is -0.329. The van der Waals surface area contributed by atoms with E-state index < -0.39 is 4.92 Å². The Balaban J connectivity index is 2.45. The van der Waals surface area contributed by atoms with Crippen LogP contribution in [0.2, 0.25) is 0 Å². The number of carbonyl (C=O) groups excluding carboxylic acids is 1. The average Bonchev–Trinajstić information content (AvgIpc) is 2.39. The zero-order valence-electron chi connectivity index (χ0n) is 9.28. The molecule has 18 heavy (non-hydrogen) atoms. The van der Waals surface area contributed by atoms with E-state index in [4.69, 9.17) is 4.74 Å². The van der Waals surface area contributed by atoms with Gasteiger partial charge in [-0.1, -0.05) is 24.3 Å². The van der Waals surface area contributed by atoms with Crippen LogP contribution in [0.25, 0.3) is 0 Å². The maximum absolute atomic E-state index is 11.0. The maximum Gasteiger partial charge on any atom is 0.321 e. The molecule has 0 bridgehead atoms. The van der Waals surface area contributed by atoms with Crippen molar-refractivity contribution < 1.29 is 14.5 Å². The van der Waals surface area contributed by atoms with Gasteiger partial charge < -0.3 is 4.74 Å². The third kappa shape index (κ3) is 2.35. The number of carbonyl (C=O) groups is 1. The fraction of sp³-hybridized carbons (Fsp3) is 0. The van der Waals surface area contributed by atoms with Crippen LogP contribution in [0.3, 0.4) is 0 Å².